The maximum atomic E-state index is 13.7. The van der Waals surface area contributed by atoms with E-state index in [9.17, 15) is 9.50 Å². The van der Waals surface area contributed by atoms with Gasteiger partial charge in [0.2, 0.25) is 0 Å². The van der Waals surface area contributed by atoms with Crippen molar-refractivity contribution in [3.63, 3.8) is 0 Å². The van der Waals surface area contributed by atoms with Crippen LogP contribution in [0.1, 0.15) is 50.5 Å². The van der Waals surface area contributed by atoms with Crippen LogP contribution in [0.3, 0.4) is 0 Å². The van der Waals surface area contributed by atoms with Crippen LogP contribution in [0.15, 0.2) is 18.2 Å². The third kappa shape index (κ3) is 4.47. The lowest BCUT2D eigenvalue weighted by atomic mass is 9.85. The summed E-state index contributed by atoms with van der Waals surface area (Å²) < 4.78 is 13.7. The first-order valence-corrected chi connectivity index (χ1v) is 7.66. The Bertz CT molecular complexity index is 400. The van der Waals surface area contributed by atoms with Gasteiger partial charge in [-0.2, -0.15) is 0 Å². The van der Waals surface area contributed by atoms with Crippen molar-refractivity contribution >= 4 is 11.6 Å². The van der Waals surface area contributed by atoms with Crippen LogP contribution in [-0.2, 0) is 6.42 Å². The summed E-state index contributed by atoms with van der Waals surface area (Å²) in [5, 5.41) is 10.9. The molecule has 0 amide bonds. The number of aliphatic hydroxyl groups excluding tert-OH is 1. The largest absolute Gasteiger partial charge is 0.392 e. The molecule has 1 aromatic carbocycles. The van der Waals surface area contributed by atoms with Gasteiger partial charge in [0.05, 0.1) is 6.10 Å². The van der Waals surface area contributed by atoms with Gasteiger partial charge >= 0.3 is 0 Å². The first-order valence-electron chi connectivity index (χ1n) is 7.29. The molecule has 2 rings (SSSR count). The lowest BCUT2D eigenvalue weighted by Crippen LogP contribution is -2.24. The van der Waals surface area contributed by atoms with Crippen molar-refractivity contribution in [2.75, 3.05) is 0 Å². The monoisotopic (exact) mass is 284 g/mol. The number of benzene rings is 1. The van der Waals surface area contributed by atoms with E-state index in [1.54, 1.807) is 12.1 Å². The van der Waals surface area contributed by atoms with Gasteiger partial charge in [-0.05, 0) is 42.5 Å². The summed E-state index contributed by atoms with van der Waals surface area (Å²) in [6, 6.07) is 4.55. The fourth-order valence-corrected chi connectivity index (χ4v) is 3.16. The molecule has 1 atom stereocenters. The van der Waals surface area contributed by atoms with Gasteiger partial charge in [-0.3, -0.25) is 0 Å². The maximum Gasteiger partial charge on any atom is 0.126 e. The third-order valence-corrected chi connectivity index (χ3v) is 4.37. The normalized spacial score (nSPS) is 19.7. The summed E-state index contributed by atoms with van der Waals surface area (Å²) in [5.41, 5.74) is 0.530. The molecule has 0 bridgehead atoms. The molecule has 0 aromatic heterocycles. The topological polar surface area (TPSA) is 20.2 Å². The predicted molar refractivity (Wildman–Crippen MR) is 76.9 cm³/mol. The van der Waals surface area contributed by atoms with Gasteiger partial charge < -0.3 is 5.11 Å². The second-order valence-corrected chi connectivity index (χ2v) is 6.05. The average molecular weight is 285 g/mol. The van der Waals surface area contributed by atoms with Gasteiger partial charge in [0.1, 0.15) is 5.82 Å². The predicted octanol–water partition coefficient (Wildman–Crippen LogP) is 4.74. The van der Waals surface area contributed by atoms with E-state index in [4.69, 9.17) is 11.6 Å². The summed E-state index contributed by atoms with van der Waals surface area (Å²) in [5.74, 6) is 0.0352. The molecule has 0 heterocycles. The van der Waals surface area contributed by atoms with Gasteiger partial charge in [0, 0.05) is 11.4 Å². The van der Waals surface area contributed by atoms with Gasteiger partial charge in [0.15, 0.2) is 0 Å². The molecule has 1 unspecified atom stereocenters. The molecule has 0 radical (unpaired) electrons. The Morgan fingerprint density at radius 2 is 1.79 bits per heavy atom. The van der Waals surface area contributed by atoms with Crippen LogP contribution < -0.4 is 0 Å². The minimum Gasteiger partial charge on any atom is -0.392 e. The second-order valence-electron chi connectivity index (χ2n) is 5.61. The van der Waals surface area contributed by atoms with Crippen LogP contribution in [0, 0.1) is 11.7 Å². The Labute approximate surface area is 119 Å². The number of aliphatic hydroxyl groups is 1. The van der Waals surface area contributed by atoms with Crippen molar-refractivity contribution in [2.45, 2.75) is 57.5 Å². The van der Waals surface area contributed by atoms with Crippen LogP contribution in [0.4, 0.5) is 4.39 Å². The molecule has 1 aliphatic rings. The van der Waals surface area contributed by atoms with Crippen LogP contribution >= 0.6 is 11.6 Å². The zero-order valence-corrected chi connectivity index (χ0v) is 12.0. The molecule has 1 nitrogen and oxygen atoms in total. The van der Waals surface area contributed by atoms with Crippen molar-refractivity contribution in [1.29, 1.82) is 0 Å². The quantitative estimate of drug-likeness (QED) is 0.850. The summed E-state index contributed by atoms with van der Waals surface area (Å²) in [7, 11) is 0. The fourth-order valence-electron chi connectivity index (χ4n) is 2.96. The molecule has 1 fully saturated rings. The fraction of sp³-hybridized carbons (Fsp3) is 0.625. The molecule has 1 saturated carbocycles. The van der Waals surface area contributed by atoms with Crippen molar-refractivity contribution in [2.24, 2.45) is 5.92 Å². The van der Waals surface area contributed by atoms with Gasteiger partial charge in [-0.1, -0.05) is 43.7 Å². The molecule has 0 spiro atoms. The van der Waals surface area contributed by atoms with E-state index in [1.807, 2.05) is 0 Å². The SMILES string of the molecule is OC(Cc1cc(Cl)ccc1F)C1CCCCCCC1. The molecule has 0 saturated heterocycles. The van der Waals surface area contributed by atoms with Crippen molar-refractivity contribution < 1.29 is 9.50 Å². The summed E-state index contributed by atoms with van der Waals surface area (Å²) in [4.78, 5) is 0. The van der Waals surface area contributed by atoms with Crippen molar-refractivity contribution in [3.8, 4) is 0 Å². The molecule has 3 heteroatoms. The zero-order valence-electron chi connectivity index (χ0n) is 11.2. The van der Waals surface area contributed by atoms with E-state index in [0.717, 1.165) is 12.8 Å². The van der Waals surface area contributed by atoms with Crippen molar-refractivity contribution in [1.82, 2.24) is 0 Å². The van der Waals surface area contributed by atoms with Crippen LogP contribution in [-0.4, -0.2) is 11.2 Å². The highest BCUT2D eigenvalue weighted by atomic mass is 35.5. The van der Waals surface area contributed by atoms with Gasteiger partial charge in [-0.15, -0.1) is 0 Å². The number of hydrogen-bond donors (Lipinski definition) is 1. The highest BCUT2D eigenvalue weighted by Crippen LogP contribution is 2.27. The first-order chi connectivity index (χ1) is 9.16. The lowest BCUT2D eigenvalue weighted by Gasteiger charge is -2.25. The number of rotatable bonds is 3. The zero-order chi connectivity index (χ0) is 13.7. The average Bonchev–Trinajstić information content (AvgIpc) is 2.33. The summed E-state index contributed by atoms with van der Waals surface area (Å²) >= 11 is 5.89. The van der Waals surface area contributed by atoms with Gasteiger partial charge in [-0.25, -0.2) is 4.39 Å². The Morgan fingerprint density at radius 3 is 2.47 bits per heavy atom. The van der Waals surface area contributed by atoms with E-state index in [-0.39, 0.29) is 5.82 Å². The molecular formula is C16H22ClFO. The van der Waals surface area contributed by atoms with E-state index in [2.05, 4.69) is 0 Å². The van der Waals surface area contributed by atoms with Crippen LogP contribution in [0.25, 0.3) is 0 Å². The Morgan fingerprint density at radius 1 is 1.16 bits per heavy atom. The Balaban J connectivity index is 1.98. The highest BCUT2D eigenvalue weighted by Gasteiger charge is 2.21. The molecule has 1 aliphatic carbocycles. The Kier molecular flexibility index (Phi) is 5.65. The highest BCUT2D eigenvalue weighted by molar-refractivity contribution is 6.30. The van der Waals surface area contributed by atoms with E-state index < -0.39 is 6.10 Å². The molecule has 1 N–H and O–H groups in total. The van der Waals surface area contributed by atoms with Gasteiger partial charge in [0.25, 0.3) is 0 Å². The van der Waals surface area contributed by atoms with Crippen LogP contribution in [0.5, 0.6) is 0 Å². The van der Waals surface area contributed by atoms with E-state index in [1.165, 1.54) is 38.2 Å². The van der Waals surface area contributed by atoms with Crippen LogP contribution in [0.2, 0.25) is 5.02 Å². The smallest absolute Gasteiger partial charge is 0.126 e. The third-order valence-electron chi connectivity index (χ3n) is 4.13. The van der Waals surface area contributed by atoms with Crippen molar-refractivity contribution in [3.05, 3.63) is 34.6 Å². The molecule has 19 heavy (non-hydrogen) atoms. The molecule has 1 aromatic rings. The lowest BCUT2D eigenvalue weighted by molar-refractivity contribution is 0.0905. The van der Waals surface area contributed by atoms with E-state index in [0.29, 0.717) is 22.9 Å². The first kappa shape index (κ1) is 14.8. The van der Waals surface area contributed by atoms with E-state index >= 15 is 0 Å². The Hall–Kier alpha value is -0.600. The summed E-state index contributed by atoms with van der Waals surface area (Å²) in [6.45, 7) is 0. The number of hydrogen-bond acceptors (Lipinski definition) is 1. The minimum atomic E-state index is -0.453. The molecular weight excluding hydrogens is 263 g/mol. The molecule has 106 valence electrons. The standard InChI is InChI=1S/C16H22ClFO/c17-14-8-9-15(18)13(10-14)11-16(19)12-6-4-2-1-3-5-7-12/h8-10,12,16,19H,1-7,11H2. The minimum absolute atomic E-state index is 0.269. The number of halogens is 2. The molecule has 0 aliphatic heterocycles. The second kappa shape index (κ2) is 7.25. The maximum absolute atomic E-state index is 13.7. The summed E-state index contributed by atoms with van der Waals surface area (Å²) in [6.07, 6.45) is 8.23.